The lowest BCUT2D eigenvalue weighted by molar-refractivity contribution is 0.0600. The molecular weight excluding hydrogens is 299 g/mol. The minimum absolute atomic E-state index is 0.0328. The van der Waals surface area contributed by atoms with Gasteiger partial charge in [-0.15, -0.1) is 0 Å². The van der Waals surface area contributed by atoms with Gasteiger partial charge >= 0.3 is 5.97 Å². The molecule has 7 heteroatoms. The van der Waals surface area contributed by atoms with Gasteiger partial charge in [0.1, 0.15) is 16.7 Å². The first-order chi connectivity index (χ1) is 10.0. The van der Waals surface area contributed by atoms with E-state index in [4.69, 9.17) is 11.6 Å². The van der Waals surface area contributed by atoms with E-state index in [1.165, 1.54) is 31.4 Å². The Morgan fingerprint density at radius 2 is 2.05 bits per heavy atom. The molecule has 1 amide bonds. The molecular formula is C14H10ClFN2O3. The molecule has 0 spiro atoms. The highest BCUT2D eigenvalue weighted by molar-refractivity contribution is 6.29. The molecule has 0 radical (unpaired) electrons. The summed E-state index contributed by atoms with van der Waals surface area (Å²) in [6.07, 6.45) is 0. The molecule has 1 aromatic carbocycles. The third-order valence-corrected chi connectivity index (χ3v) is 2.79. The van der Waals surface area contributed by atoms with Gasteiger partial charge in [-0.2, -0.15) is 0 Å². The lowest BCUT2D eigenvalue weighted by atomic mass is 10.2. The highest BCUT2D eigenvalue weighted by Gasteiger charge is 2.14. The van der Waals surface area contributed by atoms with Crippen LogP contribution in [0.15, 0.2) is 36.4 Å². The molecule has 1 heterocycles. The van der Waals surface area contributed by atoms with E-state index < -0.39 is 17.7 Å². The number of nitrogens with one attached hydrogen (secondary N) is 1. The number of carbonyl (C=O) groups is 2. The summed E-state index contributed by atoms with van der Waals surface area (Å²) in [5.74, 6) is -1.96. The molecule has 0 aliphatic carbocycles. The normalized spacial score (nSPS) is 10.0. The Bertz CT molecular complexity index is 706. The lowest BCUT2D eigenvalue weighted by Gasteiger charge is -2.08. The Morgan fingerprint density at radius 3 is 2.71 bits per heavy atom. The van der Waals surface area contributed by atoms with Crippen molar-refractivity contribution in [3.05, 3.63) is 58.6 Å². The number of ether oxygens (including phenoxy) is 1. The fourth-order valence-corrected chi connectivity index (χ4v) is 1.75. The summed E-state index contributed by atoms with van der Waals surface area (Å²) in [5, 5.41) is 2.48. The monoisotopic (exact) mass is 308 g/mol. The van der Waals surface area contributed by atoms with Crippen molar-refractivity contribution in [2.24, 2.45) is 0 Å². The number of amides is 1. The number of rotatable bonds is 3. The molecule has 0 saturated carbocycles. The highest BCUT2D eigenvalue weighted by atomic mass is 35.5. The summed E-state index contributed by atoms with van der Waals surface area (Å²) in [6.45, 7) is 0. The second kappa shape index (κ2) is 6.32. The smallest absolute Gasteiger partial charge is 0.337 e. The number of esters is 1. The van der Waals surface area contributed by atoms with Gasteiger partial charge in [-0.05, 0) is 30.3 Å². The van der Waals surface area contributed by atoms with Crippen LogP contribution >= 0.6 is 11.6 Å². The van der Waals surface area contributed by atoms with Crippen molar-refractivity contribution in [1.82, 2.24) is 4.98 Å². The van der Waals surface area contributed by atoms with Crippen LogP contribution in [-0.2, 0) is 4.74 Å². The molecule has 0 saturated heterocycles. The standard InChI is InChI=1S/C14H10ClFN2O3/c1-21-14(20)8-5-6-9(16)11(7-8)18-13(19)10-3-2-4-12(15)17-10/h2-7H,1H3,(H,18,19). The number of nitrogens with zero attached hydrogens (tertiary/aromatic N) is 1. The van der Waals surface area contributed by atoms with Gasteiger partial charge in [0.15, 0.2) is 0 Å². The van der Waals surface area contributed by atoms with Crippen LogP contribution in [0, 0.1) is 5.82 Å². The van der Waals surface area contributed by atoms with Crippen LogP contribution < -0.4 is 5.32 Å². The van der Waals surface area contributed by atoms with Gasteiger partial charge in [0.05, 0.1) is 18.4 Å². The molecule has 0 aliphatic rings. The minimum Gasteiger partial charge on any atom is -0.465 e. The van der Waals surface area contributed by atoms with Crippen molar-refractivity contribution >= 4 is 29.2 Å². The van der Waals surface area contributed by atoms with Gasteiger partial charge in [-0.3, -0.25) is 4.79 Å². The molecule has 0 atom stereocenters. The average molecular weight is 309 g/mol. The van der Waals surface area contributed by atoms with Crippen molar-refractivity contribution in [3.63, 3.8) is 0 Å². The number of benzene rings is 1. The number of aromatic nitrogens is 1. The summed E-state index contributed by atoms with van der Waals surface area (Å²) < 4.78 is 18.2. The van der Waals surface area contributed by atoms with E-state index in [0.29, 0.717) is 0 Å². The highest BCUT2D eigenvalue weighted by Crippen LogP contribution is 2.18. The quantitative estimate of drug-likeness (QED) is 0.699. The number of carbonyl (C=O) groups excluding carboxylic acids is 2. The van der Waals surface area contributed by atoms with E-state index in [1.807, 2.05) is 0 Å². The van der Waals surface area contributed by atoms with Gasteiger partial charge in [0.2, 0.25) is 0 Å². The van der Waals surface area contributed by atoms with Gasteiger partial charge in [0.25, 0.3) is 5.91 Å². The predicted molar refractivity (Wildman–Crippen MR) is 74.9 cm³/mol. The first kappa shape index (κ1) is 14.9. The number of anilines is 1. The van der Waals surface area contributed by atoms with Crippen molar-refractivity contribution in [1.29, 1.82) is 0 Å². The fourth-order valence-electron chi connectivity index (χ4n) is 1.59. The molecule has 108 valence electrons. The summed E-state index contributed by atoms with van der Waals surface area (Å²) >= 11 is 5.68. The van der Waals surface area contributed by atoms with Crippen molar-refractivity contribution < 1.29 is 18.7 Å². The summed E-state index contributed by atoms with van der Waals surface area (Å²) in [6, 6.07) is 8.00. The molecule has 1 aromatic heterocycles. The number of hydrogen-bond donors (Lipinski definition) is 1. The van der Waals surface area contributed by atoms with Gasteiger partial charge in [-0.1, -0.05) is 17.7 Å². The molecule has 21 heavy (non-hydrogen) atoms. The first-order valence-electron chi connectivity index (χ1n) is 5.83. The molecule has 0 aliphatic heterocycles. The molecule has 2 rings (SSSR count). The third kappa shape index (κ3) is 3.55. The number of halogens is 2. The average Bonchev–Trinajstić information content (AvgIpc) is 2.48. The number of hydrogen-bond acceptors (Lipinski definition) is 4. The first-order valence-corrected chi connectivity index (χ1v) is 6.21. The fraction of sp³-hybridized carbons (Fsp3) is 0.0714. The van der Waals surface area contributed by atoms with Crippen molar-refractivity contribution in [2.45, 2.75) is 0 Å². The van der Waals surface area contributed by atoms with Crippen LogP contribution in [0.1, 0.15) is 20.8 Å². The van der Waals surface area contributed by atoms with Crippen LogP contribution in [0.2, 0.25) is 5.15 Å². The number of pyridine rings is 1. The van der Waals surface area contributed by atoms with E-state index in [1.54, 1.807) is 6.07 Å². The van der Waals surface area contributed by atoms with Gasteiger partial charge in [-0.25, -0.2) is 14.2 Å². The van der Waals surface area contributed by atoms with Crippen molar-refractivity contribution in [3.8, 4) is 0 Å². The Kier molecular flexibility index (Phi) is 4.49. The maximum Gasteiger partial charge on any atom is 0.337 e. The lowest BCUT2D eigenvalue weighted by Crippen LogP contribution is -2.15. The van der Waals surface area contributed by atoms with Crippen molar-refractivity contribution in [2.75, 3.05) is 12.4 Å². The Hall–Kier alpha value is -2.47. The zero-order valence-electron chi connectivity index (χ0n) is 10.9. The Balaban J connectivity index is 2.26. The topological polar surface area (TPSA) is 68.3 Å². The maximum absolute atomic E-state index is 13.7. The minimum atomic E-state index is -0.682. The van der Waals surface area contributed by atoms with Crippen LogP contribution in [0.4, 0.5) is 10.1 Å². The van der Waals surface area contributed by atoms with E-state index in [2.05, 4.69) is 15.0 Å². The van der Waals surface area contributed by atoms with Crippen LogP contribution in [0.3, 0.4) is 0 Å². The largest absolute Gasteiger partial charge is 0.465 e. The second-order valence-electron chi connectivity index (χ2n) is 3.99. The number of methoxy groups -OCH3 is 1. The van der Waals surface area contributed by atoms with Gasteiger partial charge in [0, 0.05) is 0 Å². The zero-order chi connectivity index (χ0) is 15.4. The molecule has 0 bridgehead atoms. The summed E-state index contributed by atoms with van der Waals surface area (Å²) in [5.41, 5.74) is 0.00306. The second-order valence-corrected chi connectivity index (χ2v) is 4.37. The maximum atomic E-state index is 13.7. The molecule has 0 unspecified atom stereocenters. The van der Waals surface area contributed by atoms with E-state index in [-0.39, 0.29) is 22.1 Å². The Labute approximate surface area is 124 Å². The molecule has 0 fully saturated rings. The summed E-state index contributed by atoms with van der Waals surface area (Å²) in [7, 11) is 1.21. The third-order valence-electron chi connectivity index (χ3n) is 2.58. The van der Waals surface area contributed by atoms with E-state index in [9.17, 15) is 14.0 Å². The van der Waals surface area contributed by atoms with Crippen LogP contribution in [0.25, 0.3) is 0 Å². The van der Waals surface area contributed by atoms with Gasteiger partial charge < -0.3 is 10.1 Å². The molecule has 1 N–H and O–H groups in total. The van der Waals surface area contributed by atoms with Crippen LogP contribution in [0.5, 0.6) is 0 Å². The SMILES string of the molecule is COC(=O)c1ccc(F)c(NC(=O)c2cccc(Cl)n2)c1. The zero-order valence-corrected chi connectivity index (χ0v) is 11.6. The summed E-state index contributed by atoms with van der Waals surface area (Å²) in [4.78, 5) is 27.2. The Morgan fingerprint density at radius 1 is 1.29 bits per heavy atom. The van der Waals surface area contributed by atoms with E-state index >= 15 is 0 Å². The van der Waals surface area contributed by atoms with Crippen LogP contribution in [-0.4, -0.2) is 24.0 Å². The molecule has 2 aromatic rings. The van der Waals surface area contributed by atoms with E-state index in [0.717, 1.165) is 6.07 Å². The molecule has 5 nitrogen and oxygen atoms in total. The predicted octanol–water partition coefficient (Wildman–Crippen LogP) is 2.91.